The highest BCUT2D eigenvalue weighted by Gasteiger charge is 2.21. The fourth-order valence-electron chi connectivity index (χ4n) is 1.82. The molecule has 92 valence electrons. The number of hydrogen-bond acceptors (Lipinski definition) is 3. The predicted molar refractivity (Wildman–Crippen MR) is 65.7 cm³/mol. The fourth-order valence-corrected chi connectivity index (χ4v) is 2.74. The molecule has 0 saturated carbocycles. The summed E-state index contributed by atoms with van der Waals surface area (Å²) in [5.41, 5.74) is 0. The minimum absolute atomic E-state index is 0.0322. The van der Waals surface area contributed by atoms with Crippen LogP contribution in [0.3, 0.4) is 0 Å². The zero-order valence-corrected chi connectivity index (χ0v) is 10.3. The minimum Gasteiger partial charge on any atom is -0.381 e. The second kappa shape index (κ2) is 6.17. The zero-order valence-electron chi connectivity index (χ0n) is 9.52. The van der Waals surface area contributed by atoms with E-state index in [-0.39, 0.29) is 17.5 Å². The van der Waals surface area contributed by atoms with Crippen LogP contribution in [0.25, 0.3) is 0 Å². The van der Waals surface area contributed by atoms with E-state index < -0.39 is 0 Å². The Morgan fingerprint density at radius 3 is 3.12 bits per heavy atom. The maximum absolute atomic E-state index is 12.9. The third-order valence-electron chi connectivity index (χ3n) is 2.79. The van der Waals surface area contributed by atoms with Crippen LogP contribution in [0, 0.1) is 11.7 Å². The third-order valence-corrected chi connectivity index (χ3v) is 3.81. The molecule has 0 bridgehead atoms. The number of ketones is 1. The highest BCUT2D eigenvalue weighted by atomic mass is 32.2. The number of ether oxygens (including phenoxy) is 1. The molecule has 1 unspecified atom stereocenters. The SMILES string of the molecule is O=C(CSc1cccc(F)c1)C1CCCOC1. The van der Waals surface area contributed by atoms with E-state index in [0.717, 1.165) is 24.3 Å². The second-order valence-corrected chi connectivity index (χ2v) is 5.18. The molecule has 0 amide bonds. The van der Waals surface area contributed by atoms with Crippen LogP contribution >= 0.6 is 11.8 Å². The van der Waals surface area contributed by atoms with Gasteiger partial charge in [0, 0.05) is 17.4 Å². The van der Waals surface area contributed by atoms with Crippen molar-refractivity contribution in [3.05, 3.63) is 30.1 Å². The second-order valence-electron chi connectivity index (χ2n) is 4.13. The topological polar surface area (TPSA) is 26.3 Å². The lowest BCUT2D eigenvalue weighted by Gasteiger charge is -2.20. The van der Waals surface area contributed by atoms with Gasteiger partial charge in [0.05, 0.1) is 12.4 Å². The molecule has 2 nitrogen and oxygen atoms in total. The van der Waals surface area contributed by atoms with Gasteiger partial charge in [-0.15, -0.1) is 11.8 Å². The van der Waals surface area contributed by atoms with Crippen molar-refractivity contribution in [3.63, 3.8) is 0 Å². The lowest BCUT2D eigenvalue weighted by Crippen LogP contribution is -2.26. The maximum atomic E-state index is 12.9. The Labute approximate surface area is 105 Å². The monoisotopic (exact) mass is 254 g/mol. The van der Waals surface area contributed by atoms with Crippen LogP contribution in [0.2, 0.25) is 0 Å². The molecule has 1 aromatic rings. The Kier molecular flexibility index (Phi) is 4.57. The predicted octanol–water partition coefficient (Wildman–Crippen LogP) is 2.91. The molecule has 0 aromatic heterocycles. The number of rotatable bonds is 4. The highest BCUT2D eigenvalue weighted by molar-refractivity contribution is 8.00. The summed E-state index contributed by atoms with van der Waals surface area (Å²) >= 11 is 1.39. The van der Waals surface area contributed by atoms with Crippen molar-refractivity contribution < 1.29 is 13.9 Å². The van der Waals surface area contributed by atoms with E-state index in [1.54, 1.807) is 6.07 Å². The smallest absolute Gasteiger partial charge is 0.148 e. The quantitative estimate of drug-likeness (QED) is 0.773. The molecule has 0 radical (unpaired) electrons. The van der Waals surface area contributed by atoms with E-state index in [1.165, 1.54) is 23.9 Å². The summed E-state index contributed by atoms with van der Waals surface area (Å²) in [5, 5.41) is 0. The molecule has 0 spiro atoms. The van der Waals surface area contributed by atoms with Gasteiger partial charge in [-0.25, -0.2) is 4.39 Å². The lowest BCUT2D eigenvalue weighted by molar-refractivity contribution is -0.124. The molecule has 1 atom stereocenters. The molecule has 1 fully saturated rings. The minimum atomic E-state index is -0.261. The van der Waals surface area contributed by atoms with Crippen molar-refractivity contribution in [2.45, 2.75) is 17.7 Å². The summed E-state index contributed by atoms with van der Waals surface area (Å²) in [6.45, 7) is 1.31. The van der Waals surface area contributed by atoms with Crippen molar-refractivity contribution in [1.29, 1.82) is 0 Å². The first-order valence-electron chi connectivity index (χ1n) is 5.74. The van der Waals surface area contributed by atoms with Gasteiger partial charge in [0.1, 0.15) is 11.6 Å². The maximum Gasteiger partial charge on any atom is 0.148 e. The molecule has 1 aliphatic rings. The Morgan fingerprint density at radius 2 is 2.41 bits per heavy atom. The van der Waals surface area contributed by atoms with Gasteiger partial charge in [0.2, 0.25) is 0 Å². The molecule has 0 N–H and O–H groups in total. The van der Waals surface area contributed by atoms with Crippen LogP contribution in [0.5, 0.6) is 0 Å². The standard InChI is InChI=1S/C13H15FO2S/c14-11-4-1-5-12(7-11)17-9-13(15)10-3-2-6-16-8-10/h1,4-5,7,10H,2-3,6,8-9H2. The van der Waals surface area contributed by atoms with Crippen LogP contribution in [0.4, 0.5) is 4.39 Å². The van der Waals surface area contributed by atoms with E-state index >= 15 is 0 Å². The van der Waals surface area contributed by atoms with Crippen molar-refractivity contribution in [2.24, 2.45) is 5.92 Å². The summed E-state index contributed by atoms with van der Waals surface area (Å²) in [5.74, 6) is 0.379. The van der Waals surface area contributed by atoms with E-state index in [1.807, 2.05) is 6.07 Å². The first kappa shape index (κ1) is 12.6. The van der Waals surface area contributed by atoms with Crippen LogP contribution in [-0.2, 0) is 9.53 Å². The van der Waals surface area contributed by atoms with Crippen LogP contribution < -0.4 is 0 Å². The van der Waals surface area contributed by atoms with E-state index in [9.17, 15) is 9.18 Å². The van der Waals surface area contributed by atoms with Crippen molar-refractivity contribution in [1.82, 2.24) is 0 Å². The molecule has 17 heavy (non-hydrogen) atoms. The Balaban J connectivity index is 1.83. The summed E-state index contributed by atoms with van der Waals surface area (Å²) in [6.07, 6.45) is 1.88. The largest absolute Gasteiger partial charge is 0.381 e. The van der Waals surface area contributed by atoms with E-state index in [0.29, 0.717) is 12.4 Å². The molecule has 1 saturated heterocycles. The van der Waals surface area contributed by atoms with Crippen LogP contribution in [0.1, 0.15) is 12.8 Å². The average Bonchev–Trinajstić information content (AvgIpc) is 2.37. The number of carbonyl (C=O) groups excluding carboxylic acids is 1. The van der Waals surface area contributed by atoms with Gasteiger partial charge in [-0.2, -0.15) is 0 Å². The number of thioether (sulfide) groups is 1. The number of carbonyl (C=O) groups is 1. The van der Waals surface area contributed by atoms with Crippen molar-refractivity contribution >= 4 is 17.5 Å². The van der Waals surface area contributed by atoms with Gasteiger partial charge in [-0.3, -0.25) is 4.79 Å². The van der Waals surface area contributed by atoms with Gasteiger partial charge < -0.3 is 4.74 Å². The number of Topliss-reactive ketones (excluding diaryl/α,β-unsaturated/α-hetero) is 1. The van der Waals surface area contributed by atoms with Gasteiger partial charge in [-0.1, -0.05) is 6.07 Å². The number of benzene rings is 1. The Hall–Kier alpha value is -0.870. The van der Waals surface area contributed by atoms with Crippen LogP contribution in [-0.4, -0.2) is 24.7 Å². The number of hydrogen-bond donors (Lipinski definition) is 0. The van der Waals surface area contributed by atoms with Crippen molar-refractivity contribution in [3.8, 4) is 0 Å². The summed E-state index contributed by atoms with van der Waals surface area (Å²) in [4.78, 5) is 12.7. The first-order valence-corrected chi connectivity index (χ1v) is 6.73. The average molecular weight is 254 g/mol. The molecule has 1 aliphatic heterocycles. The Morgan fingerprint density at radius 1 is 1.53 bits per heavy atom. The molecule has 1 aromatic carbocycles. The molecular weight excluding hydrogens is 239 g/mol. The van der Waals surface area contributed by atoms with Crippen LogP contribution in [0.15, 0.2) is 29.2 Å². The molecule has 0 aliphatic carbocycles. The third kappa shape index (κ3) is 3.82. The molecular formula is C13H15FO2S. The highest BCUT2D eigenvalue weighted by Crippen LogP contribution is 2.22. The van der Waals surface area contributed by atoms with Gasteiger partial charge in [0.15, 0.2) is 0 Å². The van der Waals surface area contributed by atoms with Gasteiger partial charge in [0.25, 0.3) is 0 Å². The van der Waals surface area contributed by atoms with E-state index in [2.05, 4.69) is 0 Å². The van der Waals surface area contributed by atoms with Gasteiger partial charge >= 0.3 is 0 Å². The summed E-state index contributed by atoms with van der Waals surface area (Å²) in [6, 6.07) is 6.33. The summed E-state index contributed by atoms with van der Waals surface area (Å²) < 4.78 is 18.2. The lowest BCUT2D eigenvalue weighted by atomic mass is 9.99. The molecule has 1 heterocycles. The Bertz CT molecular complexity index is 389. The molecule has 2 rings (SSSR count). The zero-order chi connectivity index (χ0) is 12.1. The number of halogens is 1. The van der Waals surface area contributed by atoms with Gasteiger partial charge in [-0.05, 0) is 31.0 Å². The normalized spacial score (nSPS) is 20.2. The van der Waals surface area contributed by atoms with E-state index in [4.69, 9.17) is 4.74 Å². The first-order chi connectivity index (χ1) is 8.25. The fraction of sp³-hybridized carbons (Fsp3) is 0.462. The van der Waals surface area contributed by atoms with Crippen molar-refractivity contribution in [2.75, 3.05) is 19.0 Å². The molecule has 4 heteroatoms. The summed E-state index contributed by atoms with van der Waals surface area (Å²) in [7, 11) is 0.